The molecule has 4 atom stereocenters. The molecular weight excluding hydrogens is 390 g/mol. The highest BCUT2D eigenvalue weighted by Gasteiger charge is 2.43. The third kappa shape index (κ3) is 2.85. The topological polar surface area (TPSA) is 132 Å². The van der Waals surface area contributed by atoms with Crippen LogP contribution in [-0.4, -0.2) is 49.1 Å². The maximum Gasteiger partial charge on any atom is 0.164 e. The molecule has 8 nitrogen and oxygen atoms in total. The lowest BCUT2D eigenvalue weighted by molar-refractivity contribution is -0.0243. The Morgan fingerprint density at radius 3 is 2.72 bits per heavy atom. The summed E-state index contributed by atoms with van der Waals surface area (Å²) in [5.74, 6) is 0.748. The van der Waals surface area contributed by atoms with Crippen molar-refractivity contribution in [2.75, 3.05) is 5.73 Å². The van der Waals surface area contributed by atoms with Crippen molar-refractivity contribution < 1.29 is 14.9 Å². The summed E-state index contributed by atoms with van der Waals surface area (Å²) in [4.78, 5) is 8.21. The number of nitrogens with two attached hydrogens (primary N) is 2. The van der Waals surface area contributed by atoms with E-state index in [1.165, 1.54) is 6.33 Å². The molecule has 134 valence electrons. The van der Waals surface area contributed by atoms with E-state index in [1.807, 2.05) is 12.2 Å². The van der Waals surface area contributed by atoms with E-state index >= 15 is 0 Å². The molecular formula is C16H20BrN5O3. The molecule has 25 heavy (non-hydrogen) atoms. The number of aliphatic hydroxyl groups is 2. The van der Waals surface area contributed by atoms with Crippen LogP contribution in [0.2, 0.25) is 0 Å². The van der Waals surface area contributed by atoms with Crippen LogP contribution in [-0.2, 0) is 4.74 Å². The second-order valence-corrected chi connectivity index (χ2v) is 7.55. The van der Waals surface area contributed by atoms with Gasteiger partial charge in [0.25, 0.3) is 0 Å². The Bertz CT molecular complexity index is 819. The second-order valence-electron chi connectivity index (χ2n) is 6.69. The summed E-state index contributed by atoms with van der Waals surface area (Å²) in [7, 11) is 0. The van der Waals surface area contributed by atoms with Crippen LogP contribution in [0.4, 0.5) is 5.82 Å². The molecule has 6 N–H and O–H groups in total. The Balaban J connectivity index is 1.60. The molecule has 2 aromatic rings. The minimum atomic E-state index is -1.09. The first-order chi connectivity index (χ1) is 12.0. The lowest BCUT2D eigenvalue weighted by Crippen LogP contribution is -2.35. The predicted molar refractivity (Wildman–Crippen MR) is 95.4 cm³/mol. The molecule has 2 aromatic heterocycles. The van der Waals surface area contributed by atoms with Gasteiger partial charge in [-0.3, -0.25) is 0 Å². The van der Waals surface area contributed by atoms with Gasteiger partial charge in [-0.05, 0) is 34.7 Å². The maximum atomic E-state index is 10.5. The first kappa shape index (κ1) is 16.9. The number of nitrogen functional groups attached to an aromatic ring is 1. The van der Waals surface area contributed by atoms with Gasteiger partial charge in [0.15, 0.2) is 6.23 Å². The van der Waals surface area contributed by atoms with Gasteiger partial charge in [0.2, 0.25) is 0 Å². The third-order valence-electron chi connectivity index (χ3n) is 4.93. The fourth-order valence-electron chi connectivity index (χ4n) is 3.46. The summed E-state index contributed by atoms with van der Waals surface area (Å²) in [6, 6.07) is 0.260. The first-order valence-corrected chi connectivity index (χ1v) is 8.97. The molecule has 3 heterocycles. The highest BCUT2D eigenvalue weighted by molar-refractivity contribution is 9.10. The van der Waals surface area contributed by atoms with Crippen molar-refractivity contribution in [2.24, 2.45) is 11.7 Å². The van der Waals surface area contributed by atoms with Crippen molar-refractivity contribution in [3.8, 4) is 0 Å². The molecule has 1 aliphatic heterocycles. The zero-order valence-electron chi connectivity index (χ0n) is 13.4. The number of rotatable bonds is 3. The summed E-state index contributed by atoms with van der Waals surface area (Å²) in [5.41, 5.74) is 12.2. The average Bonchev–Trinajstić information content (AvgIpc) is 3.03. The molecule has 9 heteroatoms. The Labute approximate surface area is 152 Å². The summed E-state index contributed by atoms with van der Waals surface area (Å²) < 4.78 is 8.27. The maximum absolute atomic E-state index is 10.5. The van der Waals surface area contributed by atoms with E-state index in [2.05, 4.69) is 25.9 Å². The quantitative estimate of drug-likeness (QED) is 0.548. The number of hydrogen-bond donors (Lipinski definition) is 4. The third-order valence-corrected chi connectivity index (χ3v) is 5.53. The van der Waals surface area contributed by atoms with Gasteiger partial charge < -0.3 is 31.0 Å². The highest BCUT2D eigenvalue weighted by Crippen LogP contribution is 2.37. The summed E-state index contributed by atoms with van der Waals surface area (Å²) in [6.07, 6.45) is 5.33. The summed E-state index contributed by atoms with van der Waals surface area (Å²) in [5, 5.41) is 21.5. The van der Waals surface area contributed by atoms with E-state index in [1.54, 1.807) is 10.8 Å². The Kier molecular flexibility index (Phi) is 4.28. The molecule has 0 bridgehead atoms. The van der Waals surface area contributed by atoms with Gasteiger partial charge in [-0.25, -0.2) is 9.97 Å². The molecule has 0 radical (unpaired) electrons. The van der Waals surface area contributed by atoms with Crippen molar-refractivity contribution in [3.63, 3.8) is 0 Å². The van der Waals surface area contributed by atoms with Gasteiger partial charge in [0.1, 0.15) is 36.1 Å². The average molecular weight is 410 g/mol. The van der Waals surface area contributed by atoms with Gasteiger partial charge in [0, 0.05) is 16.7 Å². The first-order valence-electron chi connectivity index (χ1n) is 8.17. The largest absolute Gasteiger partial charge is 0.387 e. The van der Waals surface area contributed by atoms with E-state index < -0.39 is 24.5 Å². The van der Waals surface area contributed by atoms with Crippen LogP contribution in [0.1, 0.15) is 19.1 Å². The predicted octanol–water partition coefficient (Wildman–Crippen LogP) is 0.689. The molecule has 1 aliphatic carbocycles. The molecule has 0 unspecified atom stereocenters. The number of halogens is 1. The van der Waals surface area contributed by atoms with Gasteiger partial charge in [-0.1, -0.05) is 12.2 Å². The van der Waals surface area contributed by atoms with Crippen LogP contribution in [0.25, 0.3) is 11.0 Å². The number of allylic oxidation sites excluding steroid dienone is 1. The molecule has 1 saturated carbocycles. The molecule has 0 amide bonds. The monoisotopic (exact) mass is 409 g/mol. The van der Waals surface area contributed by atoms with Crippen molar-refractivity contribution in [1.29, 1.82) is 0 Å². The van der Waals surface area contributed by atoms with Crippen molar-refractivity contribution >= 4 is 32.8 Å². The molecule has 1 saturated heterocycles. The van der Waals surface area contributed by atoms with E-state index in [-0.39, 0.29) is 6.04 Å². The van der Waals surface area contributed by atoms with E-state index in [0.717, 1.165) is 12.8 Å². The number of aliphatic hydroxyl groups excluding tert-OH is 2. The molecule has 2 aliphatic rings. The number of hydrogen-bond acceptors (Lipinski definition) is 7. The number of anilines is 1. The smallest absolute Gasteiger partial charge is 0.164 e. The highest BCUT2D eigenvalue weighted by atomic mass is 79.9. The minimum absolute atomic E-state index is 0.260. The fourth-order valence-corrected chi connectivity index (χ4v) is 4.06. The number of fused-ring (bicyclic) bond motifs is 1. The van der Waals surface area contributed by atoms with Gasteiger partial charge in [0.05, 0.1) is 5.39 Å². The van der Waals surface area contributed by atoms with Gasteiger partial charge >= 0.3 is 0 Å². The molecule has 4 rings (SSSR count). The van der Waals surface area contributed by atoms with Crippen LogP contribution in [0.15, 0.2) is 29.1 Å². The van der Waals surface area contributed by atoms with Crippen LogP contribution in [0.5, 0.6) is 0 Å². The van der Waals surface area contributed by atoms with Gasteiger partial charge in [-0.15, -0.1) is 0 Å². The second kappa shape index (κ2) is 6.33. The van der Waals surface area contributed by atoms with Crippen molar-refractivity contribution in [1.82, 2.24) is 14.5 Å². The lowest BCUT2D eigenvalue weighted by Gasteiger charge is -2.30. The zero-order chi connectivity index (χ0) is 17.7. The van der Waals surface area contributed by atoms with Crippen LogP contribution >= 0.6 is 15.9 Å². The van der Waals surface area contributed by atoms with Gasteiger partial charge in [-0.2, -0.15) is 0 Å². The summed E-state index contributed by atoms with van der Waals surface area (Å²) in [6.45, 7) is 0. The Morgan fingerprint density at radius 1 is 1.24 bits per heavy atom. The van der Waals surface area contributed by atoms with Crippen LogP contribution < -0.4 is 11.5 Å². The number of ether oxygens (including phenoxy) is 1. The molecule has 2 fully saturated rings. The van der Waals surface area contributed by atoms with E-state index in [0.29, 0.717) is 27.2 Å². The fraction of sp³-hybridized carbons (Fsp3) is 0.500. The van der Waals surface area contributed by atoms with Crippen LogP contribution in [0.3, 0.4) is 0 Å². The zero-order valence-corrected chi connectivity index (χ0v) is 15.0. The van der Waals surface area contributed by atoms with Crippen molar-refractivity contribution in [3.05, 3.63) is 29.1 Å². The summed E-state index contributed by atoms with van der Waals surface area (Å²) >= 11 is 3.43. The number of nitrogens with zero attached hydrogens (tertiary/aromatic N) is 3. The normalized spacial score (nSPS) is 35.5. The standard InChI is InChI=1S/C16H20BrN5O3/c17-9-5-22(15-11(9)14(19)20-6-21-15)16-13(24)12(23)10(25-16)2-1-7-3-8(18)4-7/h1-2,5-8,10,12-13,16,23-24H,3-4,18H2,(H2,19,20,21)/b2-1+/t7?,8?,10-,12-,13-,16-/m1/s1. The minimum Gasteiger partial charge on any atom is -0.387 e. The van der Waals surface area contributed by atoms with E-state index in [4.69, 9.17) is 16.2 Å². The number of aromatic nitrogens is 3. The Hall–Kier alpha value is -1.52. The Morgan fingerprint density at radius 2 is 2.00 bits per heavy atom. The molecule has 0 spiro atoms. The lowest BCUT2D eigenvalue weighted by atomic mass is 9.80. The SMILES string of the molecule is Nc1ncnc2c1c(Br)cn2[C@@H]1O[C@H](/C=C/C2CC(N)C2)[C@@H](O)[C@H]1O. The van der Waals surface area contributed by atoms with Crippen LogP contribution in [0, 0.1) is 5.92 Å². The van der Waals surface area contributed by atoms with Crippen molar-refractivity contribution in [2.45, 2.75) is 43.4 Å². The van der Waals surface area contributed by atoms with E-state index in [9.17, 15) is 10.2 Å². The molecule has 0 aromatic carbocycles.